The van der Waals surface area contributed by atoms with Crippen molar-refractivity contribution in [2.45, 2.75) is 44.6 Å². The molecule has 1 rings (SSSR count). The number of hydrogen-bond acceptors (Lipinski definition) is 4. The van der Waals surface area contributed by atoms with E-state index in [9.17, 15) is 13.2 Å². The van der Waals surface area contributed by atoms with E-state index in [0.29, 0.717) is 23.3 Å². The van der Waals surface area contributed by atoms with Gasteiger partial charge in [0.25, 0.3) is 0 Å². The Morgan fingerprint density at radius 1 is 1.33 bits per heavy atom. The first-order valence-electron chi connectivity index (χ1n) is 6.63. The molecule has 21 heavy (non-hydrogen) atoms. The van der Waals surface area contributed by atoms with Gasteiger partial charge in [0.15, 0.2) is 0 Å². The molecule has 0 aliphatic rings. The highest BCUT2D eigenvalue weighted by atomic mass is 32.2. The Morgan fingerprint density at radius 3 is 2.24 bits per heavy atom. The molecule has 0 aromatic heterocycles. The number of nitrogens with one attached hydrogen (secondary N) is 1. The highest BCUT2D eigenvalue weighted by Gasteiger charge is 2.27. The Kier molecular flexibility index (Phi) is 5.74. The van der Waals surface area contributed by atoms with Gasteiger partial charge in [-0.25, -0.2) is 8.42 Å². The minimum atomic E-state index is -3.90. The number of hydrogen-bond donors (Lipinski definition) is 2. The normalized spacial score (nSPS) is 13.0. The lowest BCUT2D eigenvalue weighted by atomic mass is 10.1. The molecule has 118 valence electrons. The van der Waals surface area contributed by atoms with Crippen LogP contribution in [0.1, 0.15) is 30.9 Å². The van der Waals surface area contributed by atoms with Gasteiger partial charge in [-0.2, -0.15) is 4.72 Å². The van der Waals surface area contributed by atoms with Crippen molar-refractivity contribution >= 4 is 16.0 Å². The van der Waals surface area contributed by atoms with Crippen LogP contribution in [-0.4, -0.2) is 32.6 Å². The van der Waals surface area contributed by atoms with E-state index >= 15 is 0 Å². The quantitative estimate of drug-likeness (QED) is 0.801. The van der Waals surface area contributed by atoms with Crippen molar-refractivity contribution in [3.63, 3.8) is 0 Å². The van der Waals surface area contributed by atoms with Gasteiger partial charge in [-0.1, -0.05) is 13.3 Å². The maximum atomic E-state index is 12.4. The van der Waals surface area contributed by atoms with Crippen LogP contribution < -0.4 is 9.46 Å². The second-order valence-electron chi connectivity index (χ2n) is 4.89. The minimum absolute atomic E-state index is 0.102. The molecule has 0 unspecified atom stereocenters. The molecule has 1 aromatic carbocycles. The van der Waals surface area contributed by atoms with Crippen LogP contribution in [0.4, 0.5) is 0 Å². The zero-order chi connectivity index (χ0) is 16.2. The Bertz CT molecular complexity index is 601. The lowest BCUT2D eigenvalue weighted by molar-refractivity contribution is -0.139. The number of sulfonamides is 1. The SMILES string of the molecule is CCC[C@@H](NS(=O)(=O)c1c(C)cc(OC)cc1C)C(=O)O. The van der Waals surface area contributed by atoms with Gasteiger partial charge in [0.05, 0.1) is 12.0 Å². The molecule has 0 aliphatic carbocycles. The first-order chi connectivity index (χ1) is 9.72. The second-order valence-corrected chi connectivity index (χ2v) is 6.54. The molecule has 0 radical (unpaired) electrons. The highest BCUT2D eigenvalue weighted by molar-refractivity contribution is 7.89. The van der Waals surface area contributed by atoms with E-state index in [1.54, 1.807) is 32.9 Å². The van der Waals surface area contributed by atoms with Crippen molar-refractivity contribution in [2.75, 3.05) is 7.11 Å². The summed E-state index contributed by atoms with van der Waals surface area (Å²) in [6.45, 7) is 5.10. The van der Waals surface area contributed by atoms with E-state index in [0.717, 1.165) is 0 Å². The first kappa shape index (κ1) is 17.5. The molecule has 0 aliphatic heterocycles. The maximum Gasteiger partial charge on any atom is 0.321 e. The Balaban J connectivity index is 3.22. The monoisotopic (exact) mass is 315 g/mol. The summed E-state index contributed by atoms with van der Waals surface area (Å²) in [5.41, 5.74) is 1.03. The van der Waals surface area contributed by atoms with Gasteiger partial charge < -0.3 is 9.84 Å². The predicted octanol–water partition coefficient (Wildman–Crippen LogP) is 1.84. The van der Waals surface area contributed by atoms with E-state index in [4.69, 9.17) is 9.84 Å². The third-order valence-corrected chi connectivity index (χ3v) is 4.89. The molecule has 0 spiro atoms. The van der Waals surface area contributed by atoms with Crippen LogP contribution in [0.25, 0.3) is 0 Å². The van der Waals surface area contributed by atoms with Crippen molar-refractivity contribution in [3.05, 3.63) is 23.3 Å². The summed E-state index contributed by atoms with van der Waals surface area (Å²) in [6.07, 6.45) is 0.808. The molecule has 1 atom stereocenters. The van der Waals surface area contributed by atoms with Crippen LogP contribution in [-0.2, 0) is 14.8 Å². The van der Waals surface area contributed by atoms with E-state index in [-0.39, 0.29) is 11.3 Å². The molecule has 0 saturated carbocycles. The Hall–Kier alpha value is -1.60. The van der Waals surface area contributed by atoms with Gasteiger partial charge in [-0.3, -0.25) is 4.79 Å². The van der Waals surface area contributed by atoms with Crippen molar-refractivity contribution < 1.29 is 23.1 Å². The fraction of sp³-hybridized carbons (Fsp3) is 0.500. The average Bonchev–Trinajstić information content (AvgIpc) is 2.36. The number of carbonyl (C=O) groups is 1. The minimum Gasteiger partial charge on any atom is -0.497 e. The van der Waals surface area contributed by atoms with Crippen LogP contribution in [0.2, 0.25) is 0 Å². The number of benzene rings is 1. The van der Waals surface area contributed by atoms with Crippen LogP contribution in [0.15, 0.2) is 17.0 Å². The molecule has 1 aromatic rings. The van der Waals surface area contributed by atoms with Gasteiger partial charge in [0, 0.05) is 0 Å². The number of carboxylic acids is 1. The summed E-state index contributed by atoms with van der Waals surface area (Å²) in [5.74, 6) is -0.614. The number of aliphatic carboxylic acids is 1. The van der Waals surface area contributed by atoms with Crippen LogP contribution in [0, 0.1) is 13.8 Å². The van der Waals surface area contributed by atoms with E-state index in [1.165, 1.54) is 7.11 Å². The zero-order valence-corrected chi connectivity index (χ0v) is 13.5. The van der Waals surface area contributed by atoms with Crippen molar-refractivity contribution in [1.82, 2.24) is 4.72 Å². The van der Waals surface area contributed by atoms with Crippen molar-refractivity contribution in [1.29, 1.82) is 0 Å². The van der Waals surface area contributed by atoms with Crippen molar-refractivity contribution in [3.8, 4) is 5.75 Å². The standard InChI is InChI=1S/C14H21NO5S/c1-5-6-12(14(16)17)15-21(18,19)13-9(2)7-11(20-4)8-10(13)3/h7-8,12,15H,5-6H2,1-4H3,(H,16,17)/t12-/m1/s1. The molecular formula is C14H21NO5S. The van der Waals surface area contributed by atoms with Gasteiger partial charge in [0.1, 0.15) is 11.8 Å². The number of rotatable bonds is 7. The lowest BCUT2D eigenvalue weighted by Gasteiger charge is -2.17. The Morgan fingerprint density at radius 2 is 1.86 bits per heavy atom. The molecule has 0 fully saturated rings. The summed E-state index contributed by atoms with van der Waals surface area (Å²) >= 11 is 0. The molecular weight excluding hydrogens is 294 g/mol. The lowest BCUT2D eigenvalue weighted by Crippen LogP contribution is -2.41. The average molecular weight is 315 g/mol. The van der Waals surface area contributed by atoms with Crippen LogP contribution in [0.3, 0.4) is 0 Å². The molecule has 0 amide bonds. The fourth-order valence-electron chi connectivity index (χ4n) is 2.22. The summed E-state index contributed by atoms with van der Waals surface area (Å²) in [6, 6.07) is 2.09. The Labute approximate surface area is 125 Å². The molecule has 2 N–H and O–H groups in total. The molecule has 6 nitrogen and oxygen atoms in total. The van der Waals surface area contributed by atoms with E-state index in [1.807, 2.05) is 0 Å². The zero-order valence-electron chi connectivity index (χ0n) is 12.6. The molecule has 0 saturated heterocycles. The molecule has 0 heterocycles. The summed E-state index contributed by atoms with van der Waals surface area (Å²) in [4.78, 5) is 11.2. The topological polar surface area (TPSA) is 92.7 Å². The number of methoxy groups -OCH3 is 1. The van der Waals surface area contributed by atoms with Crippen LogP contribution >= 0.6 is 0 Å². The van der Waals surface area contributed by atoms with Gasteiger partial charge >= 0.3 is 5.97 Å². The summed E-state index contributed by atoms with van der Waals surface area (Å²) in [7, 11) is -2.40. The van der Waals surface area contributed by atoms with E-state index < -0.39 is 22.0 Å². The number of aryl methyl sites for hydroxylation is 2. The van der Waals surface area contributed by atoms with Gasteiger partial charge in [-0.05, 0) is 43.5 Å². The highest BCUT2D eigenvalue weighted by Crippen LogP contribution is 2.25. The molecule has 0 bridgehead atoms. The predicted molar refractivity (Wildman–Crippen MR) is 79.1 cm³/mol. The summed E-state index contributed by atoms with van der Waals surface area (Å²) in [5, 5.41) is 9.09. The maximum absolute atomic E-state index is 12.4. The second kappa shape index (κ2) is 6.91. The fourth-order valence-corrected chi connectivity index (χ4v) is 3.90. The van der Waals surface area contributed by atoms with Gasteiger partial charge in [0.2, 0.25) is 10.0 Å². The third-order valence-electron chi connectivity index (χ3n) is 3.11. The largest absolute Gasteiger partial charge is 0.497 e. The van der Waals surface area contributed by atoms with Crippen LogP contribution in [0.5, 0.6) is 5.75 Å². The molecule has 7 heteroatoms. The van der Waals surface area contributed by atoms with Crippen molar-refractivity contribution in [2.24, 2.45) is 0 Å². The third kappa shape index (κ3) is 4.18. The number of carboxylic acid groups (broad SMARTS) is 1. The van der Waals surface area contributed by atoms with Gasteiger partial charge in [-0.15, -0.1) is 0 Å². The first-order valence-corrected chi connectivity index (χ1v) is 8.11. The smallest absolute Gasteiger partial charge is 0.321 e. The van der Waals surface area contributed by atoms with E-state index in [2.05, 4.69) is 4.72 Å². The number of ether oxygens (including phenoxy) is 1. The summed E-state index contributed by atoms with van der Waals surface area (Å²) < 4.78 is 32.2.